The molecule has 0 aliphatic carbocycles. The van der Waals surface area contributed by atoms with E-state index in [1.807, 2.05) is 7.05 Å². The fraction of sp³-hybridized carbons (Fsp3) is 0.923. The number of hydrogen-bond acceptors (Lipinski definition) is 2. The quantitative estimate of drug-likeness (QED) is 0.779. The smallest absolute Gasteiger partial charge is 0.222 e. The number of likely N-dealkylation sites (N-methyl/N-ethyl adjacent to an activating group) is 1. The standard InChI is InChI=1S/C13H26N2O/c1-3-8-12(14-2)11-15-10-7-5-4-6-9-13(15)16/h12,14H,3-11H2,1-2H3. The van der Waals surface area contributed by atoms with Crippen LogP contribution in [0.5, 0.6) is 0 Å². The number of carbonyl (C=O) groups excluding carboxylic acids is 1. The molecule has 3 heteroatoms. The summed E-state index contributed by atoms with van der Waals surface area (Å²) >= 11 is 0. The van der Waals surface area contributed by atoms with E-state index in [0.717, 1.165) is 32.4 Å². The molecule has 0 bridgehead atoms. The number of hydrogen-bond donors (Lipinski definition) is 1. The van der Waals surface area contributed by atoms with Crippen LogP contribution >= 0.6 is 0 Å². The number of nitrogens with one attached hydrogen (secondary N) is 1. The molecule has 1 rings (SSSR count). The third-order valence-electron chi connectivity index (χ3n) is 3.41. The van der Waals surface area contributed by atoms with Crippen LogP contribution in [0.1, 0.15) is 51.9 Å². The summed E-state index contributed by atoms with van der Waals surface area (Å²) < 4.78 is 0. The minimum Gasteiger partial charge on any atom is -0.341 e. The molecule has 3 nitrogen and oxygen atoms in total. The Hall–Kier alpha value is -0.570. The Labute approximate surface area is 99.6 Å². The summed E-state index contributed by atoms with van der Waals surface area (Å²) in [5.41, 5.74) is 0. The summed E-state index contributed by atoms with van der Waals surface area (Å²) in [7, 11) is 1.99. The Morgan fingerprint density at radius 2 is 2.06 bits per heavy atom. The van der Waals surface area contributed by atoms with E-state index in [2.05, 4.69) is 17.1 Å². The zero-order valence-corrected chi connectivity index (χ0v) is 10.8. The number of carbonyl (C=O) groups is 1. The van der Waals surface area contributed by atoms with Crippen molar-refractivity contribution in [3.63, 3.8) is 0 Å². The Morgan fingerprint density at radius 3 is 2.75 bits per heavy atom. The molecule has 0 aromatic carbocycles. The molecule has 1 heterocycles. The molecule has 1 atom stereocenters. The van der Waals surface area contributed by atoms with Gasteiger partial charge in [0, 0.05) is 25.6 Å². The van der Waals surface area contributed by atoms with Crippen molar-refractivity contribution in [2.45, 2.75) is 57.9 Å². The average molecular weight is 226 g/mol. The molecule has 0 radical (unpaired) electrons. The average Bonchev–Trinajstić information content (AvgIpc) is 2.27. The first-order valence-corrected chi connectivity index (χ1v) is 6.73. The van der Waals surface area contributed by atoms with Crippen LogP contribution < -0.4 is 5.32 Å². The van der Waals surface area contributed by atoms with Crippen LogP contribution in [0.15, 0.2) is 0 Å². The summed E-state index contributed by atoms with van der Waals surface area (Å²) in [5.74, 6) is 0.357. The highest BCUT2D eigenvalue weighted by molar-refractivity contribution is 5.76. The molecule has 94 valence electrons. The molecule has 0 aromatic rings. The van der Waals surface area contributed by atoms with Crippen LogP contribution in [0.4, 0.5) is 0 Å². The first-order valence-electron chi connectivity index (χ1n) is 6.73. The Bertz CT molecular complexity index is 206. The summed E-state index contributed by atoms with van der Waals surface area (Å²) in [5, 5.41) is 3.31. The van der Waals surface area contributed by atoms with Gasteiger partial charge in [0.1, 0.15) is 0 Å². The van der Waals surface area contributed by atoms with Crippen molar-refractivity contribution >= 4 is 5.91 Å². The van der Waals surface area contributed by atoms with Crippen molar-refractivity contribution in [3.8, 4) is 0 Å². The first kappa shape index (κ1) is 13.5. The molecule has 1 aliphatic rings. The lowest BCUT2D eigenvalue weighted by atomic mass is 10.1. The predicted octanol–water partition coefficient (Wildman–Crippen LogP) is 2.17. The van der Waals surface area contributed by atoms with Gasteiger partial charge in [-0.25, -0.2) is 0 Å². The summed E-state index contributed by atoms with van der Waals surface area (Å²) in [6.07, 6.45) is 7.84. The lowest BCUT2D eigenvalue weighted by Gasteiger charge is -2.29. The highest BCUT2D eigenvalue weighted by Crippen LogP contribution is 2.12. The molecular weight excluding hydrogens is 200 g/mol. The molecule has 1 unspecified atom stereocenters. The van der Waals surface area contributed by atoms with Gasteiger partial charge in [-0.2, -0.15) is 0 Å². The third-order valence-corrected chi connectivity index (χ3v) is 3.41. The van der Waals surface area contributed by atoms with Gasteiger partial charge in [-0.3, -0.25) is 4.79 Å². The van der Waals surface area contributed by atoms with Crippen molar-refractivity contribution in [1.29, 1.82) is 0 Å². The Morgan fingerprint density at radius 1 is 1.31 bits per heavy atom. The SMILES string of the molecule is CCCC(CN1CCCCCCC1=O)NC. The molecule has 1 aliphatic heterocycles. The van der Waals surface area contributed by atoms with E-state index < -0.39 is 0 Å². The van der Waals surface area contributed by atoms with Crippen LogP contribution in [0, 0.1) is 0 Å². The van der Waals surface area contributed by atoms with Gasteiger partial charge in [0.2, 0.25) is 5.91 Å². The lowest BCUT2D eigenvalue weighted by Crippen LogP contribution is -2.43. The summed E-state index contributed by atoms with van der Waals surface area (Å²) in [4.78, 5) is 14.0. The predicted molar refractivity (Wildman–Crippen MR) is 67.4 cm³/mol. The second-order valence-electron chi connectivity index (χ2n) is 4.78. The van der Waals surface area contributed by atoms with Crippen molar-refractivity contribution < 1.29 is 4.79 Å². The van der Waals surface area contributed by atoms with Crippen LogP contribution in [0.2, 0.25) is 0 Å². The number of likely N-dealkylation sites (tertiary alicyclic amines) is 1. The van der Waals surface area contributed by atoms with E-state index >= 15 is 0 Å². The third kappa shape index (κ3) is 4.52. The largest absolute Gasteiger partial charge is 0.341 e. The van der Waals surface area contributed by atoms with Crippen molar-refractivity contribution in [1.82, 2.24) is 10.2 Å². The highest BCUT2D eigenvalue weighted by Gasteiger charge is 2.18. The second-order valence-corrected chi connectivity index (χ2v) is 4.78. The molecule has 1 amide bonds. The van der Waals surface area contributed by atoms with Crippen molar-refractivity contribution in [2.24, 2.45) is 0 Å². The van der Waals surface area contributed by atoms with Crippen molar-refractivity contribution in [3.05, 3.63) is 0 Å². The monoisotopic (exact) mass is 226 g/mol. The van der Waals surface area contributed by atoms with E-state index in [1.165, 1.54) is 25.7 Å². The van der Waals surface area contributed by atoms with E-state index in [4.69, 9.17) is 0 Å². The van der Waals surface area contributed by atoms with Crippen LogP contribution in [-0.2, 0) is 4.79 Å². The first-order chi connectivity index (χ1) is 7.77. The fourth-order valence-electron chi connectivity index (χ4n) is 2.35. The second kappa shape index (κ2) is 7.66. The van der Waals surface area contributed by atoms with Crippen LogP contribution in [0.3, 0.4) is 0 Å². The van der Waals surface area contributed by atoms with E-state index in [-0.39, 0.29) is 0 Å². The zero-order chi connectivity index (χ0) is 11.8. The fourth-order valence-corrected chi connectivity index (χ4v) is 2.35. The van der Waals surface area contributed by atoms with Gasteiger partial charge in [-0.05, 0) is 26.3 Å². The zero-order valence-electron chi connectivity index (χ0n) is 10.8. The minimum atomic E-state index is 0.357. The van der Waals surface area contributed by atoms with Gasteiger partial charge in [0.25, 0.3) is 0 Å². The van der Waals surface area contributed by atoms with E-state index in [9.17, 15) is 4.79 Å². The maximum Gasteiger partial charge on any atom is 0.222 e. The van der Waals surface area contributed by atoms with E-state index in [1.54, 1.807) is 0 Å². The van der Waals surface area contributed by atoms with Crippen LogP contribution in [-0.4, -0.2) is 37.0 Å². The molecule has 1 fully saturated rings. The van der Waals surface area contributed by atoms with E-state index in [0.29, 0.717) is 11.9 Å². The Kier molecular flexibility index (Phi) is 6.46. The van der Waals surface area contributed by atoms with Gasteiger partial charge < -0.3 is 10.2 Å². The van der Waals surface area contributed by atoms with Gasteiger partial charge in [-0.15, -0.1) is 0 Å². The van der Waals surface area contributed by atoms with Gasteiger partial charge in [-0.1, -0.05) is 26.2 Å². The molecule has 1 saturated heterocycles. The maximum atomic E-state index is 11.9. The summed E-state index contributed by atoms with van der Waals surface area (Å²) in [6, 6.07) is 0.466. The molecular formula is C13H26N2O. The van der Waals surface area contributed by atoms with Gasteiger partial charge in [0.05, 0.1) is 0 Å². The molecule has 0 aromatic heterocycles. The maximum absolute atomic E-state index is 11.9. The lowest BCUT2D eigenvalue weighted by molar-refractivity contribution is -0.132. The summed E-state index contributed by atoms with van der Waals surface area (Å²) in [6.45, 7) is 4.05. The number of nitrogens with zero attached hydrogens (tertiary/aromatic N) is 1. The molecule has 0 saturated carbocycles. The van der Waals surface area contributed by atoms with Crippen molar-refractivity contribution in [2.75, 3.05) is 20.1 Å². The number of rotatable bonds is 5. The van der Waals surface area contributed by atoms with Crippen LogP contribution in [0.25, 0.3) is 0 Å². The highest BCUT2D eigenvalue weighted by atomic mass is 16.2. The molecule has 0 spiro atoms. The molecule has 16 heavy (non-hydrogen) atoms. The topological polar surface area (TPSA) is 32.3 Å². The Balaban J connectivity index is 2.43. The number of amides is 1. The van der Waals surface area contributed by atoms with Gasteiger partial charge >= 0.3 is 0 Å². The minimum absolute atomic E-state index is 0.357. The normalized spacial score (nSPS) is 20.4. The van der Waals surface area contributed by atoms with Gasteiger partial charge in [0.15, 0.2) is 0 Å². The molecule has 1 N–H and O–H groups in total.